The molecule has 2 aliphatic rings. The largest absolute Gasteiger partial charge is 0.363 e. The maximum Gasteiger partial charge on any atom is 0.254 e. The van der Waals surface area contributed by atoms with Gasteiger partial charge in [-0.15, -0.1) is 0 Å². The number of hydrogen-bond donors (Lipinski definition) is 1. The molecule has 3 atom stereocenters. The second kappa shape index (κ2) is 8.03. The molecule has 4 rings (SSSR count). The number of nitrogens with one attached hydrogen (secondary N) is 1. The second-order valence-corrected chi connectivity index (χ2v) is 8.36. The quantitative estimate of drug-likeness (QED) is 0.766. The molecule has 1 amide bonds. The minimum atomic E-state index is -0.697. The highest BCUT2D eigenvalue weighted by Crippen LogP contribution is 2.40. The summed E-state index contributed by atoms with van der Waals surface area (Å²) in [5.41, 5.74) is 3.29. The fourth-order valence-electron chi connectivity index (χ4n) is 3.71. The van der Waals surface area contributed by atoms with Gasteiger partial charge in [-0.2, -0.15) is 11.8 Å². The first-order valence-corrected chi connectivity index (χ1v) is 10.7. The van der Waals surface area contributed by atoms with Crippen molar-refractivity contribution in [1.82, 2.24) is 5.32 Å². The van der Waals surface area contributed by atoms with E-state index in [1.165, 1.54) is 23.3 Å². The zero-order valence-corrected chi connectivity index (χ0v) is 16.2. The Labute approximate surface area is 163 Å². The van der Waals surface area contributed by atoms with Gasteiger partial charge in [0, 0.05) is 6.04 Å². The molecule has 1 N–H and O–H groups in total. The Hall–Kier alpha value is -1.85. The van der Waals surface area contributed by atoms with Crippen molar-refractivity contribution in [3.63, 3.8) is 0 Å². The summed E-state index contributed by atoms with van der Waals surface area (Å²) >= 11 is 1.76. The summed E-state index contributed by atoms with van der Waals surface area (Å²) in [7, 11) is 0. The fraction of sp³-hybridized carbons (Fsp3) is 0.409. The van der Waals surface area contributed by atoms with Crippen LogP contribution < -0.4 is 5.32 Å². The third-order valence-corrected chi connectivity index (χ3v) is 6.45. The molecule has 0 aliphatic heterocycles. The van der Waals surface area contributed by atoms with E-state index in [2.05, 4.69) is 23.7 Å². The highest BCUT2D eigenvalue weighted by atomic mass is 32.2. The van der Waals surface area contributed by atoms with E-state index in [1.807, 2.05) is 12.1 Å². The average molecular weight is 386 g/mol. The molecule has 0 spiro atoms. The van der Waals surface area contributed by atoms with Crippen molar-refractivity contribution in [3.8, 4) is 0 Å². The summed E-state index contributed by atoms with van der Waals surface area (Å²) in [4.78, 5) is 13.1. The van der Waals surface area contributed by atoms with Crippen LogP contribution in [-0.2, 0) is 16.0 Å². The lowest BCUT2D eigenvalue weighted by Crippen LogP contribution is -2.40. The highest BCUT2D eigenvalue weighted by Gasteiger charge is 2.35. The van der Waals surface area contributed by atoms with Crippen LogP contribution in [0.5, 0.6) is 0 Å². The number of rotatable bonds is 7. The van der Waals surface area contributed by atoms with Gasteiger partial charge in [0.25, 0.3) is 5.91 Å². The first-order valence-electron chi connectivity index (χ1n) is 9.43. The van der Waals surface area contributed by atoms with E-state index in [0.29, 0.717) is 18.1 Å². The van der Waals surface area contributed by atoms with Crippen molar-refractivity contribution >= 4 is 17.7 Å². The topological polar surface area (TPSA) is 38.3 Å². The van der Waals surface area contributed by atoms with E-state index in [1.54, 1.807) is 23.9 Å². The van der Waals surface area contributed by atoms with Gasteiger partial charge in [-0.05, 0) is 60.3 Å². The van der Waals surface area contributed by atoms with Crippen LogP contribution in [0.4, 0.5) is 4.39 Å². The van der Waals surface area contributed by atoms with Crippen molar-refractivity contribution in [2.75, 3.05) is 12.9 Å². The molecule has 0 bridgehead atoms. The Bertz CT molecular complexity index is 806. The van der Waals surface area contributed by atoms with Crippen LogP contribution in [0.15, 0.2) is 48.5 Å². The van der Waals surface area contributed by atoms with Crippen molar-refractivity contribution in [2.24, 2.45) is 5.92 Å². The lowest BCUT2D eigenvalue weighted by molar-refractivity contribution is -0.134. The van der Waals surface area contributed by atoms with Gasteiger partial charge in [-0.25, -0.2) is 4.39 Å². The summed E-state index contributed by atoms with van der Waals surface area (Å²) in [5.74, 6) is 0.100. The lowest BCUT2D eigenvalue weighted by Gasteiger charge is -2.24. The first kappa shape index (κ1) is 18.5. The number of ether oxygens (including phenoxy) is 1. The Morgan fingerprint density at radius 2 is 1.96 bits per heavy atom. The average Bonchev–Trinajstić information content (AvgIpc) is 3.43. The van der Waals surface area contributed by atoms with Gasteiger partial charge < -0.3 is 10.1 Å². The molecule has 0 saturated heterocycles. The van der Waals surface area contributed by atoms with Gasteiger partial charge in [0.1, 0.15) is 5.82 Å². The first-order chi connectivity index (χ1) is 13.2. The Morgan fingerprint density at radius 3 is 2.67 bits per heavy atom. The van der Waals surface area contributed by atoms with Crippen molar-refractivity contribution in [2.45, 2.75) is 36.7 Å². The van der Waals surface area contributed by atoms with E-state index in [-0.39, 0.29) is 23.0 Å². The van der Waals surface area contributed by atoms with Crippen LogP contribution in [0.3, 0.4) is 0 Å². The van der Waals surface area contributed by atoms with E-state index < -0.39 is 6.10 Å². The van der Waals surface area contributed by atoms with Gasteiger partial charge in [0.15, 0.2) is 6.10 Å². The zero-order valence-electron chi connectivity index (χ0n) is 15.4. The number of thioether (sulfide) groups is 1. The van der Waals surface area contributed by atoms with Crippen molar-refractivity contribution in [1.29, 1.82) is 0 Å². The number of carbonyl (C=O) groups excluding carboxylic acids is 1. The van der Waals surface area contributed by atoms with Crippen LogP contribution in [0.25, 0.3) is 0 Å². The van der Waals surface area contributed by atoms with Gasteiger partial charge >= 0.3 is 0 Å². The summed E-state index contributed by atoms with van der Waals surface area (Å²) in [6, 6.07) is 14.4. The Morgan fingerprint density at radius 1 is 1.22 bits per heavy atom. The maximum atomic E-state index is 13.3. The standard InChI is InChI=1S/C22H24FNO2S/c1-27-21-18-5-3-2-4-16(18)12-19(21)24-22(25)20(26-13-14-6-7-14)15-8-10-17(23)11-9-15/h2-5,8-11,14,19-21H,6-7,12-13H2,1H3,(H,24,25)/t19-,20?,21-/m0/s1. The third kappa shape index (κ3) is 4.19. The predicted molar refractivity (Wildman–Crippen MR) is 106 cm³/mol. The molecular formula is C22H24FNO2S. The predicted octanol–water partition coefficient (Wildman–Crippen LogP) is 4.44. The molecule has 1 unspecified atom stereocenters. The molecule has 27 heavy (non-hydrogen) atoms. The molecule has 1 saturated carbocycles. The van der Waals surface area contributed by atoms with E-state index in [4.69, 9.17) is 4.74 Å². The normalized spacial score (nSPS) is 22.3. The molecule has 0 radical (unpaired) electrons. The fourth-order valence-corrected chi connectivity index (χ4v) is 4.69. The SMILES string of the molecule is CS[C@H]1c2ccccc2C[C@@H]1NC(=O)C(OCC1CC1)c1ccc(F)cc1. The van der Waals surface area contributed by atoms with Gasteiger partial charge in [0.05, 0.1) is 11.9 Å². The van der Waals surface area contributed by atoms with Gasteiger partial charge in [0.2, 0.25) is 0 Å². The van der Waals surface area contributed by atoms with Crippen LogP contribution in [0.2, 0.25) is 0 Å². The number of amides is 1. The number of halogens is 1. The molecule has 0 heterocycles. The van der Waals surface area contributed by atoms with Crippen LogP contribution in [-0.4, -0.2) is 24.8 Å². The summed E-state index contributed by atoms with van der Waals surface area (Å²) in [6.07, 6.45) is 4.52. The monoisotopic (exact) mass is 385 g/mol. The Kier molecular flexibility index (Phi) is 5.50. The molecule has 2 aromatic carbocycles. The molecule has 3 nitrogen and oxygen atoms in total. The molecular weight excluding hydrogens is 361 g/mol. The van der Waals surface area contributed by atoms with Crippen LogP contribution in [0.1, 0.15) is 40.9 Å². The number of fused-ring (bicyclic) bond motifs is 1. The van der Waals surface area contributed by atoms with Gasteiger partial charge in [-0.1, -0.05) is 36.4 Å². The molecule has 2 aliphatic carbocycles. The second-order valence-electron chi connectivity index (χ2n) is 7.38. The van der Waals surface area contributed by atoms with Gasteiger partial charge in [-0.3, -0.25) is 4.79 Å². The van der Waals surface area contributed by atoms with E-state index in [9.17, 15) is 9.18 Å². The van der Waals surface area contributed by atoms with Crippen molar-refractivity contribution in [3.05, 3.63) is 71.0 Å². The molecule has 0 aromatic heterocycles. The highest BCUT2D eigenvalue weighted by molar-refractivity contribution is 7.98. The molecule has 2 aromatic rings. The van der Waals surface area contributed by atoms with Crippen LogP contribution >= 0.6 is 11.8 Å². The van der Waals surface area contributed by atoms with Crippen LogP contribution in [0, 0.1) is 11.7 Å². The van der Waals surface area contributed by atoms with Crippen molar-refractivity contribution < 1.29 is 13.9 Å². The Balaban J connectivity index is 1.50. The third-order valence-electron chi connectivity index (χ3n) is 5.35. The number of benzene rings is 2. The minimum Gasteiger partial charge on any atom is -0.363 e. The molecule has 5 heteroatoms. The summed E-state index contributed by atoms with van der Waals surface area (Å²) < 4.78 is 19.3. The minimum absolute atomic E-state index is 0.0392. The molecule has 1 fully saturated rings. The lowest BCUT2D eigenvalue weighted by atomic mass is 10.1. The smallest absolute Gasteiger partial charge is 0.254 e. The summed E-state index contributed by atoms with van der Waals surface area (Å²) in [5, 5.41) is 3.44. The maximum absolute atomic E-state index is 13.3. The van der Waals surface area contributed by atoms with E-state index >= 15 is 0 Å². The van der Waals surface area contributed by atoms with E-state index in [0.717, 1.165) is 19.3 Å². The summed E-state index contributed by atoms with van der Waals surface area (Å²) in [6.45, 7) is 0.576. The molecule has 142 valence electrons. The number of hydrogen-bond acceptors (Lipinski definition) is 3. The zero-order chi connectivity index (χ0) is 18.8. The number of carbonyl (C=O) groups is 1.